The molecule has 1 fully saturated rings. The molecule has 1 saturated carbocycles. The van der Waals surface area contributed by atoms with Gasteiger partial charge in [-0.2, -0.15) is 5.10 Å². The zero-order valence-electron chi connectivity index (χ0n) is 9.44. The first-order chi connectivity index (χ1) is 7.76. The molecule has 2 rings (SSSR count). The van der Waals surface area contributed by atoms with Crippen LogP contribution in [-0.2, 0) is 6.42 Å². The van der Waals surface area contributed by atoms with Gasteiger partial charge in [-0.1, -0.05) is 6.92 Å². The third-order valence-corrected chi connectivity index (χ3v) is 2.82. The van der Waals surface area contributed by atoms with Gasteiger partial charge in [0.05, 0.1) is 6.61 Å². The van der Waals surface area contributed by atoms with E-state index in [4.69, 9.17) is 5.11 Å². The highest BCUT2D eigenvalue weighted by Gasteiger charge is 2.33. The first-order valence-corrected chi connectivity index (χ1v) is 5.72. The Balaban J connectivity index is 2.09. The Morgan fingerprint density at radius 3 is 2.94 bits per heavy atom. The molecule has 16 heavy (non-hydrogen) atoms. The molecule has 0 radical (unpaired) electrons. The van der Waals surface area contributed by atoms with Crippen molar-refractivity contribution in [1.29, 1.82) is 0 Å². The molecule has 0 aliphatic heterocycles. The fourth-order valence-electron chi connectivity index (χ4n) is 1.74. The Bertz CT molecular complexity index is 371. The van der Waals surface area contributed by atoms with Gasteiger partial charge in [-0.25, -0.2) is 0 Å². The van der Waals surface area contributed by atoms with E-state index in [-0.39, 0.29) is 12.5 Å². The van der Waals surface area contributed by atoms with Crippen LogP contribution in [0, 0.1) is 0 Å². The lowest BCUT2D eigenvalue weighted by molar-refractivity contribution is 0.0701. The number of aliphatic hydroxyl groups is 1. The van der Waals surface area contributed by atoms with E-state index in [1.165, 1.54) is 0 Å². The standard InChI is InChI=1S/C11H17N3O2/c1-2-8-7-10(13-12-8)11(16)14(5-6-15)9-3-4-9/h7,9,15H,2-6H2,1H3,(H,12,13). The van der Waals surface area contributed by atoms with E-state index in [1.54, 1.807) is 11.0 Å². The van der Waals surface area contributed by atoms with Gasteiger partial charge in [-0.05, 0) is 25.3 Å². The fraction of sp³-hybridized carbons (Fsp3) is 0.636. The van der Waals surface area contributed by atoms with E-state index in [0.29, 0.717) is 18.3 Å². The summed E-state index contributed by atoms with van der Waals surface area (Å²) in [4.78, 5) is 13.8. The molecular weight excluding hydrogens is 206 g/mol. The van der Waals surface area contributed by atoms with Gasteiger partial charge in [-0.3, -0.25) is 9.89 Å². The van der Waals surface area contributed by atoms with Gasteiger partial charge < -0.3 is 10.0 Å². The Morgan fingerprint density at radius 1 is 1.69 bits per heavy atom. The van der Waals surface area contributed by atoms with Crippen molar-refractivity contribution in [1.82, 2.24) is 15.1 Å². The summed E-state index contributed by atoms with van der Waals surface area (Å²) in [6.07, 6.45) is 2.91. The molecule has 88 valence electrons. The van der Waals surface area contributed by atoms with Crippen LogP contribution >= 0.6 is 0 Å². The predicted molar refractivity (Wildman–Crippen MR) is 59.1 cm³/mol. The topological polar surface area (TPSA) is 69.2 Å². The molecule has 0 bridgehead atoms. The van der Waals surface area contributed by atoms with Gasteiger partial charge in [0.2, 0.25) is 0 Å². The molecule has 0 spiro atoms. The van der Waals surface area contributed by atoms with E-state index in [1.807, 2.05) is 6.92 Å². The van der Waals surface area contributed by atoms with Gasteiger partial charge in [0.1, 0.15) is 5.69 Å². The Kier molecular flexibility index (Phi) is 3.24. The number of amides is 1. The van der Waals surface area contributed by atoms with Gasteiger partial charge in [0, 0.05) is 18.3 Å². The van der Waals surface area contributed by atoms with Gasteiger partial charge in [0.25, 0.3) is 5.91 Å². The van der Waals surface area contributed by atoms with Crippen LogP contribution in [0.25, 0.3) is 0 Å². The summed E-state index contributed by atoms with van der Waals surface area (Å²) in [6, 6.07) is 2.09. The van der Waals surface area contributed by atoms with Crippen LogP contribution in [-0.4, -0.2) is 45.3 Å². The number of aromatic nitrogens is 2. The number of aryl methyl sites for hydroxylation is 1. The summed E-state index contributed by atoms with van der Waals surface area (Å²) in [6.45, 7) is 2.42. The lowest BCUT2D eigenvalue weighted by Gasteiger charge is -2.19. The first-order valence-electron chi connectivity index (χ1n) is 5.72. The van der Waals surface area contributed by atoms with Crippen LogP contribution in [0.4, 0.5) is 0 Å². The SMILES string of the molecule is CCc1cc(C(=O)N(CCO)C2CC2)n[nH]1. The molecule has 0 aromatic carbocycles. The second kappa shape index (κ2) is 4.65. The predicted octanol–water partition coefficient (Wildman–Crippen LogP) is 0.569. The Hall–Kier alpha value is -1.36. The molecule has 0 saturated heterocycles. The zero-order chi connectivity index (χ0) is 11.5. The number of nitrogens with one attached hydrogen (secondary N) is 1. The van der Waals surface area contributed by atoms with Crippen molar-refractivity contribution in [2.24, 2.45) is 0 Å². The Labute approximate surface area is 94.5 Å². The van der Waals surface area contributed by atoms with Crippen molar-refractivity contribution >= 4 is 5.91 Å². The second-order valence-corrected chi connectivity index (χ2v) is 4.09. The minimum Gasteiger partial charge on any atom is -0.395 e. The summed E-state index contributed by atoms with van der Waals surface area (Å²) in [7, 11) is 0. The van der Waals surface area contributed by atoms with Crippen molar-refractivity contribution in [3.63, 3.8) is 0 Å². The largest absolute Gasteiger partial charge is 0.395 e. The van der Waals surface area contributed by atoms with E-state index < -0.39 is 0 Å². The van der Waals surface area contributed by atoms with Crippen molar-refractivity contribution in [3.05, 3.63) is 17.5 Å². The van der Waals surface area contributed by atoms with Gasteiger partial charge in [0.15, 0.2) is 0 Å². The molecule has 1 aromatic rings. The molecular formula is C11H17N3O2. The van der Waals surface area contributed by atoms with Crippen molar-refractivity contribution < 1.29 is 9.90 Å². The van der Waals surface area contributed by atoms with E-state index in [9.17, 15) is 4.79 Å². The molecule has 0 unspecified atom stereocenters. The van der Waals surface area contributed by atoms with E-state index in [2.05, 4.69) is 10.2 Å². The third-order valence-electron chi connectivity index (χ3n) is 2.82. The van der Waals surface area contributed by atoms with E-state index >= 15 is 0 Å². The molecule has 5 nitrogen and oxygen atoms in total. The lowest BCUT2D eigenvalue weighted by atomic mass is 10.3. The lowest BCUT2D eigenvalue weighted by Crippen LogP contribution is -2.35. The summed E-state index contributed by atoms with van der Waals surface area (Å²) >= 11 is 0. The number of aliphatic hydroxyl groups excluding tert-OH is 1. The molecule has 2 N–H and O–H groups in total. The molecule has 1 aliphatic rings. The van der Waals surface area contributed by atoms with Crippen molar-refractivity contribution in [2.75, 3.05) is 13.2 Å². The average Bonchev–Trinajstić information content (AvgIpc) is 3.02. The molecule has 1 aliphatic carbocycles. The maximum atomic E-state index is 12.1. The fourth-order valence-corrected chi connectivity index (χ4v) is 1.74. The number of carbonyl (C=O) groups is 1. The highest BCUT2D eigenvalue weighted by molar-refractivity contribution is 5.92. The van der Waals surface area contributed by atoms with Crippen molar-refractivity contribution in [3.8, 4) is 0 Å². The minimum atomic E-state index is -0.0764. The van der Waals surface area contributed by atoms with E-state index in [0.717, 1.165) is 25.0 Å². The molecule has 0 atom stereocenters. The number of carbonyl (C=O) groups excluding carboxylic acids is 1. The van der Waals surface area contributed by atoms with Crippen LogP contribution in [0.1, 0.15) is 35.9 Å². The molecule has 5 heteroatoms. The number of aromatic amines is 1. The van der Waals surface area contributed by atoms with Crippen LogP contribution in [0.5, 0.6) is 0 Å². The normalized spacial score (nSPS) is 15.1. The van der Waals surface area contributed by atoms with Gasteiger partial charge in [-0.15, -0.1) is 0 Å². The van der Waals surface area contributed by atoms with Crippen LogP contribution < -0.4 is 0 Å². The average molecular weight is 223 g/mol. The molecule has 1 heterocycles. The highest BCUT2D eigenvalue weighted by atomic mass is 16.3. The maximum Gasteiger partial charge on any atom is 0.274 e. The summed E-state index contributed by atoms with van der Waals surface area (Å²) < 4.78 is 0. The number of hydrogen-bond acceptors (Lipinski definition) is 3. The van der Waals surface area contributed by atoms with Gasteiger partial charge >= 0.3 is 0 Å². The maximum absolute atomic E-state index is 12.1. The third kappa shape index (κ3) is 2.24. The number of rotatable bonds is 5. The van der Waals surface area contributed by atoms with Crippen molar-refractivity contribution in [2.45, 2.75) is 32.2 Å². The highest BCUT2D eigenvalue weighted by Crippen LogP contribution is 2.27. The van der Waals surface area contributed by atoms with Crippen LogP contribution in [0.15, 0.2) is 6.07 Å². The smallest absolute Gasteiger partial charge is 0.274 e. The molecule has 1 aromatic heterocycles. The van der Waals surface area contributed by atoms with Crippen LogP contribution in [0.2, 0.25) is 0 Å². The summed E-state index contributed by atoms with van der Waals surface area (Å²) in [5.41, 5.74) is 1.42. The summed E-state index contributed by atoms with van der Waals surface area (Å²) in [5.74, 6) is -0.0764. The monoisotopic (exact) mass is 223 g/mol. The first kappa shape index (κ1) is 11.1. The molecule has 1 amide bonds. The number of hydrogen-bond donors (Lipinski definition) is 2. The minimum absolute atomic E-state index is 0.00724. The number of H-pyrrole nitrogens is 1. The zero-order valence-corrected chi connectivity index (χ0v) is 9.44. The quantitative estimate of drug-likeness (QED) is 0.766. The second-order valence-electron chi connectivity index (χ2n) is 4.09. The summed E-state index contributed by atoms with van der Waals surface area (Å²) in [5, 5.41) is 15.8. The Morgan fingerprint density at radius 2 is 2.44 bits per heavy atom. The van der Waals surface area contributed by atoms with Crippen LogP contribution in [0.3, 0.4) is 0 Å². The number of nitrogens with zero attached hydrogens (tertiary/aromatic N) is 2.